The van der Waals surface area contributed by atoms with Crippen molar-refractivity contribution in [3.63, 3.8) is 0 Å². The van der Waals surface area contributed by atoms with Crippen LogP contribution < -0.4 is 14.4 Å². The molecular formula is C33H41ClN2O6S. The highest BCUT2D eigenvalue weighted by atomic mass is 35.5. The fourth-order valence-electron chi connectivity index (χ4n) is 6.74. The van der Waals surface area contributed by atoms with Gasteiger partial charge in [-0.1, -0.05) is 37.6 Å². The molecule has 1 amide bonds. The van der Waals surface area contributed by atoms with E-state index in [9.17, 15) is 23.1 Å². The Bertz CT molecular complexity index is 1530. The van der Waals surface area contributed by atoms with Crippen molar-refractivity contribution < 1.29 is 27.9 Å². The number of allylic oxidation sites excluding steroid dienone is 1. The predicted molar refractivity (Wildman–Crippen MR) is 168 cm³/mol. The van der Waals surface area contributed by atoms with Gasteiger partial charge in [0, 0.05) is 29.6 Å². The molecule has 2 heterocycles. The molecule has 2 aromatic carbocycles. The number of nitrogens with one attached hydrogen (secondary N) is 1. The van der Waals surface area contributed by atoms with Crippen LogP contribution in [0.25, 0.3) is 0 Å². The summed E-state index contributed by atoms with van der Waals surface area (Å²) in [6, 6.07) is 10.8. The molecule has 0 radical (unpaired) electrons. The van der Waals surface area contributed by atoms with E-state index in [1.807, 2.05) is 18.2 Å². The van der Waals surface area contributed by atoms with E-state index >= 15 is 0 Å². The number of aldehydes is 1. The van der Waals surface area contributed by atoms with Gasteiger partial charge in [0.2, 0.25) is 10.0 Å². The third-order valence-corrected chi connectivity index (χ3v) is 11.9. The number of amides is 1. The van der Waals surface area contributed by atoms with Gasteiger partial charge in [-0.05, 0) is 104 Å². The lowest BCUT2D eigenvalue weighted by Crippen LogP contribution is -2.57. The van der Waals surface area contributed by atoms with Gasteiger partial charge in [0.1, 0.15) is 18.0 Å². The molecule has 2 N–H and O–H groups in total. The number of anilines is 1. The molecule has 232 valence electrons. The standard InChI is InChI=1S/C33H41ClN2O6S/c1-22-7-6-14-33(39,21-37)30-13-15-32(30,3)20-36-16-5-4-8-24-17-27(34)11-9-26(24)19-42-29-12-10-25(18-28(29)36)31(38)35-43(40,41)23(22)2/h6,9-12,14,17-18,21-23,30,39H,4-5,7-8,13,15-16,19-20H2,1-3H3,(H,35,38)/b14-6+/t22-,23+,30+,32?,33-/m0/s1. The van der Waals surface area contributed by atoms with Gasteiger partial charge in [-0.15, -0.1) is 0 Å². The Labute approximate surface area is 259 Å². The number of ether oxygens (including phenoxy) is 1. The summed E-state index contributed by atoms with van der Waals surface area (Å²) < 4.78 is 35.0. The van der Waals surface area contributed by atoms with Crippen molar-refractivity contribution in [2.24, 2.45) is 17.3 Å². The van der Waals surface area contributed by atoms with Crippen molar-refractivity contribution in [3.05, 3.63) is 70.3 Å². The number of sulfonamides is 1. The number of aliphatic hydroxyl groups is 1. The Morgan fingerprint density at radius 3 is 2.65 bits per heavy atom. The van der Waals surface area contributed by atoms with Crippen molar-refractivity contribution in [3.8, 4) is 5.75 Å². The maximum Gasteiger partial charge on any atom is 0.264 e. The number of nitrogens with zero attached hydrogens (tertiary/aromatic N) is 1. The number of carbonyl (C=O) groups is 2. The number of carbonyl (C=O) groups excluding carboxylic acids is 2. The number of benzene rings is 2. The third kappa shape index (κ3) is 6.49. The number of halogens is 1. The molecular weight excluding hydrogens is 588 g/mol. The van der Waals surface area contributed by atoms with Crippen LogP contribution in [0.4, 0.5) is 5.69 Å². The Morgan fingerprint density at radius 1 is 1.14 bits per heavy atom. The van der Waals surface area contributed by atoms with Crippen LogP contribution in [0, 0.1) is 17.3 Å². The minimum atomic E-state index is -4.01. The zero-order valence-electron chi connectivity index (χ0n) is 25.0. The van der Waals surface area contributed by atoms with Gasteiger partial charge in [-0.2, -0.15) is 0 Å². The summed E-state index contributed by atoms with van der Waals surface area (Å²) in [5.74, 6) is -0.817. The maximum absolute atomic E-state index is 13.4. The molecule has 5 atom stereocenters. The second kappa shape index (κ2) is 12.3. The van der Waals surface area contributed by atoms with E-state index < -0.39 is 32.2 Å². The van der Waals surface area contributed by atoms with Crippen LogP contribution in [0.5, 0.6) is 5.75 Å². The van der Waals surface area contributed by atoms with Gasteiger partial charge < -0.3 is 14.7 Å². The minimum Gasteiger partial charge on any atom is -0.487 e. The highest BCUT2D eigenvalue weighted by molar-refractivity contribution is 7.90. The van der Waals surface area contributed by atoms with Crippen molar-refractivity contribution in [2.75, 3.05) is 18.0 Å². The molecule has 0 saturated heterocycles. The molecule has 43 heavy (non-hydrogen) atoms. The molecule has 10 heteroatoms. The van der Waals surface area contributed by atoms with Crippen LogP contribution in [0.2, 0.25) is 5.02 Å². The van der Waals surface area contributed by atoms with Gasteiger partial charge in [0.15, 0.2) is 6.29 Å². The lowest BCUT2D eigenvalue weighted by molar-refractivity contribution is -0.139. The fourth-order valence-corrected chi connectivity index (χ4v) is 8.22. The highest BCUT2D eigenvalue weighted by Crippen LogP contribution is 2.53. The normalized spacial score (nSPS) is 32.0. The van der Waals surface area contributed by atoms with Crippen LogP contribution in [-0.2, 0) is 27.8 Å². The van der Waals surface area contributed by atoms with Crippen LogP contribution in [0.1, 0.15) is 74.4 Å². The van der Waals surface area contributed by atoms with Gasteiger partial charge >= 0.3 is 0 Å². The monoisotopic (exact) mass is 628 g/mol. The molecule has 8 nitrogen and oxygen atoms in total. The average Bonchev–Trinajstić information content (AvgIpc) is 2.99. The maximum atomic E-state index is 13.4. The number of rotatable bonds is 1. The largest absolute Gasteiger partial charge is 0.487 e. The molecule has 1 unspecified atom stereocenters. The Balaban J connectivity index is 1.60. The molecule has 0 spiro atoms. The molecule has 1 saturated carbocycles. The first-order valence-corrected chi connectivity index (χ1v) is 17.0. The van der Waals surface area contributed by atoms with E-state index in [4.69, 9.17) is 16.3 Å². The van der Waals surface area contributed by atoms with Crippen molar-refractivity contribution in [1.29, 1.82) is 0 Å². The van der Waals surface area contributed by atoms with E-state index in [1.54, 1.807) is 38.1 Å². The van der Waals surface area contributed by atoms with Crippen LogP contribution in [0.3, 0.4) is 0 Å². The summed E-state index contributed by atoms with van der Waals surface area (Å²) in [7, 11) is -4.01. The molecule has 2 bridgehead atoms. The Kier molecular flexibility index (Phi) is 8.99. The average molecular weight is 629 g/mol. The molecule has 1 fully saturated rings. The van der Waals surface area contributed by atoms with E-state index in [1.165, 1.54) is 6.08 Å². The third-order valence-electron chi connectivity index (χ3n) is 9.80. The number of hydrogen-bond acceptors (Lipinski definition) is 7. The lowest BCUT2D eigenvalue weighted by Gasteiger charge is -2.54. The number of aryl methyl sites for hydroxylation is 1. The van der Waals surface area contributed by atoms with Crippen molar-refractivity contribution >= 4 is 39.5 Å². The van der Waals surface area contributed by atoms with Gasteiger partial charge in [-0.25, -0.2) is 13.1 Å². The summed E-state index contributed by atoms with van der Waals surface area (Å²) in [6.45, 7) is 6.90. The first-order valence-electron chi connectivity index (χ1n) is 15.1. The van der Waals surface area contributed by atoms with E-state index in [-0.39, 0.29) is 17.4 Å². The molecule has 2 aromatic rings. The smallest absolute Gasteiger partial charge is 0.264 e. The summed E-state index contributed by atoms with van der Waals surface area (Å²) in [6.07, 6.45) is 8.25. The van der Waals surface area contributed by atoms with Crippen LogP contribution in [0.15, 0.2) is 48.6 Å². The summed E-state index contributed by atoms with van der Waals surface area (Å²) in [4.78, 5) is 27.9. The summed E-state index contributed by atoms with van der Waals surface area (Å²) in [5.41, 5.74) is 0.981. The molecule has 1 aliphatic carbocycles. The van der Waals surface area contributed by atoms with E-state index in [2.05, 4.69) is 16.5 Å². The van der Waals surface area contributed by atoms with Crippen LogP contribution >= 0.6 is 11.6 Å². The molecule has 3 aliphatic rings. The predicted octanol–water partition coefficient (Wildman–Crippen LogP) is 5.45. The van der Waals surface area contributed by atoms with E-state index in [0.29, 0.717) is 55.3 Å². The fraction of sp³-hybridized carbons (Fsp3) is 0.515. The molecule has 2 aliphatic heterocycles. The minimum absolute atomic E-state index is 0.213. The zero-order valence-corrected chi connectivity index (χ0v) is 26.6. The van der Waals surface area contributed by atoms with Crippen LogP contribution in [-0.4, -0.2) is 49.7 Å². The van der Waals surface area contributed by atoms with Crippen molar-refractivity contribution in [1.82, 2.24) is 4.72 Å². The quantitative estimate of drug-likeness (QED) is 0.319. The second-order valence-corrected chi connectivity index (χ2v) is 15.3. The van der Waals surface area contributed by atoms with E-state index in [0.717, 1.165) is 36.8 Å². The SMILES string of the molecule is C[C@@H]1[C@@H](C)C/C=C/[C@](O)(C=O)[C@@H]2CCC2(C)CN2CCCCc3cc(Cl)ccc3COc3ccc(cc32)C(=O)NS1(=O)=O. The second-order valence-electron chi connectivity index (χ2n) is 12.8. The summed E-state index contributed by atoms with van der Waals surface area (Å²) in [5, 5.41) is 11.3. The summed E-state index contributed by atoms with van der Waals surface area (Å²) >= 11 is 6.30. The highest BCUT2D eigenvalue weighted by Gasteiger charge is 2.53. The first-order chi connectivity index (χ1) is 20.3. The number of fused-ring (bicyclic) bond motifs is 3. The number of hydrogen-bond donors (Lipinski definition) is 2. The molecule has 5 rings (SSSR count). The van der Waals surface area contributed by atoms with Crippen molar-refractivity contribution in [2.45, 2.75) is 76.8 Å². The zero-order chi connectivity index (χ0) is 31.0. The Morgan fingerprint density at radius 2 is 1.93 bits per heavy atom. The lowest BCUT2D eigenvalue weighted by atomic mass is 9.55. The van der Waals surface area contributed by atoms with Gasteiger partial charge in [0.25, 0.3) is 5.91 Å². The van der Waals surface area contributed by atoms with Gasteiger partial charge in [0.05, 0.1) is 10.9 Å². The topological polar surface area (TPSA) is 113 Å². The molecule has 0 aromatic heterocycles. The van der Waals surface area contributed by atoms with Gasteiger partial charge in [-0.3, -0.25) is 9.59 Å². The Hall–Kier alpha value is -2.88. The first kappa shape index (κ1) is 31.5.